The molecule has 0 spiro atoms. The molecule has 8 fully saturated rings. The van der Waals surface area contributed by atoms with Crippen molar-refractivity contribution in [2.75, 3.05) is 63.3 Å². The fraction of sp³-hybridized carbons (Fsp3) is 0.820. The first-order valence-electron chi connectivity index (χ1n) is 42.7. The van der Waals surface area contributed by atoms with Crippen molar-refractivity contribution in [3.05, 3.63) is 71.9 Å². The van der Waals surface area contributed by atoms with Crippen LogP contribution in [0, 0.1) is 82.9 Å². The Balaban J connectivity index is 0.000000217. The van der Waals surface area contributed by atoms with Crippen molar-refractivity contribution in [3.8, 4) is 0 Å². The molecule has 8 aliphatic carbocycles. The standard InChI is InChI=1S/C46H73NO9.C43H67NO9/c1-10-12-14-31-15-13-16-40(54-32-18-20-39(27(3)22-32)47(6)21-11-2)28(4)42(49)38-25-36-34(37(38)26-41(48)55-31)19-17-30-23-33(24-35(30)36)56-46-45(52-9)44(51-8)43(50-7)29(5)53-46;1-9-10-12-28-13-11-14-37(51-29-16-18-36(44-5)24(2)19-29)25(3)39(46)35-22-33-31(34(35)23-38(45)52-28)17-15-27-20-30(21-32(27)33)53-43-42(49-8)41(48-7)40(47-6)26(4)50-43/h12,14,17,19,25,27-37,39-40,43-46H,10-11,13,15-16,18,20-24,26H2,1-9H3;10,12,15,17,22,24-34,36-37,40-44H,9,11,13-14,16,18-21,23H2,1-8H3/b14-12+;12-10+/t27-,28+,29-,30?,31?,32-,33+,34?,35?,36?,37?,39-,40-,43-,44+,45+,46-;24-,25+,26-,27?,28?,29-,30+,31?,32?,33?,34?,36-,37-,40-,41+,42+,43-/m00/s1. The number of cyclic esters (lactones) is 2. The summed E-state index contributed by atoms with van der Waals surface area (Å²) in [6.07, 6.45) is 35.1. The Bertz CT molecular complexity index is 3130. The van der Waals surface area contributed by atoms with Gasteiger partial charge in [0, 0.05) is 78.4 Å². The minimum absolute atomic E-state index is 0.0475. The maximum atomic E-state index is 14.8. The molecule has 12 unspecified atom stereocenters. The molecule has 0 aromatic rings. The number of hydrogen-bond donors (Lipinski definition) is 1. The second-order valence-electron chi connectivity index (χ2n) is 34.7. The second kappa shape index (κ2) is 40.1. The summed E-state index contributed by atoms with van der Waals surface area (Å²) < 4.78 is 87.2. The third kappa shape index (κ3) is 20.0. The van der Waals surface area contributed by atoms with Crippen LogP contribution in [-0.2, 0) is 85.5 Å². The summed E-state index contributed by atoms with van der Waals surface area (Å²) in [6.45, 7) is 20.3. The van der Waals surface area contributed by atoms with Crippen molar-refractivity contribution >= 4 is 23.5 Å². The fourth-order valence-corrected chi connectivity index (χ4v) is 22.2. The number of Topliss-reactive ketones (excluding diaryl/α,β-unsaturated/α-hetero) is 2. The summed E-state index contributed by atoms with van der Waals surface area (Å²) in [4.78, 5) is 59.5. The highest BCUT2D eigenvalue weighted by Crippen LogP contribution is 2.57. The quantitative estimate of drug-likeness (QED) is 0.0788. The first-order chi connectivity index (χ1) is 52.6. The summed E-state index contributed by atoms with van der Waals surface area (Å²) in [7, 11) is 14.3. The minimum Gasteiger partial charge on any atom is -0.458 e. The number of carbonyl (C=O) groups excluding carboxylic acids is 4. The Hall–Kier alpha value is -3.84. The average Bonchev–Trinajstić information content (AvgIpc) is 1.74. The molecule has 34 atom stereocenters. The smallest absolute Gasteiger partial charge is 0.307 e. The Morgan fingerprint density at radius 1 is 0.477 bits per heavy atom. The first-order valence-corrected chi connectivity index (χ1v) is 42.7. The zero-order valence-corrected chi connectivity index (χ0v) is 69.3. The maximum Gasteiger partial charge on any atom is 0.307 e. The van der Waals surface area contributed by atoms with E-state index in [1.807, 2.05) is 27.0 Å². The lowest BCUT2D eigenvalue weighted by molar-refractivity contribution is -0.314. The topological polar surface area (TPSA) is 213 Å². The van der Waals surface area contributed by atoms with Crippen LogP contribution in [0.5, 0.6) is 0 Å². The van der Waals surface area contributed by atoms with Crippen molar-refractivity contribution < 1.29 is 85.5 Å². The van der Waals surface area contributed by atoms with E-state index in [4.69, 9.17) is 66.3 Å². The first kappa shape index (κ1) is 86.0. The SMILES string of the molecule is CC/C=C/C1CCC[C@H](O[C@H]2CC[C@H](N(C)CCC)[C@@H](C)C2)[C@@H](C)C(=O)C2=CC3C(C=CC4C[C@@H](O[C@@H]5O[C@@H](C)[C@H](OC)[C@@H](OC)[C@H]5OC)CC43)C2CC(=O)O1.CC/C=C/C1CCC[C@H](O[C@H]2CC[C@H](NC)[C@@H](C)C2)[C@@H](C)C(=O)C2=CC3C(C=CC4C[C@@H](O[C@@H]5O[C@@H](C)[C@H](OC)[C@@H](OC)[C@H]5OC)CC43)C2CC(=O)O1. The van der Waals surface area contributed by atoms with E-state index in [0.29, 0.717) is 35.8 Å². The van der Waals surface area contributed by atoms with Gasteiger partial charge in [0.15, 0.2) is 24.1 Å². The third-order valence-corrected chi connectivity index (χ3v) is 27.9. The summed E-state index contributed by atoms with van der Waals surface area (Å²) in [5.74, 6) is 1.35. The van der Waals surface area contributed by atoms with Gasteiger partial charge in [-0.3, -0.25) is 19.2 Å². The average molecular weight is 1530 g/mol. The van der Waals surface area contributed by atoms with Gasteiger partial charge in [-0.15, -0.1) is 0 Å². The van der Waals surface area contributed by atoms with Crippen LogP contribution in [-0.4, -0.2) is 214 Å². The largest absolute Gasteiger partial charge is 0.458 e. The summed E-state index contributed by atoms with van der Waals surface area (Å²) in [6, 6.07) is 1.07. The fourth-order valence-electron chi connectivity index (χ4n) is 22.2. The van der Waals surface area contributed by atoms with Gasteiger partial charge in [0.25, 0.3) is 0 Å². The molecule has 0 aromatic heterocycles. The summed E-state index contributed by atoms with van der Waals surface area (Å²) >= 11 is 0. The lowest BCUT2D eigenvalue weighted by atomic mass is 9.70. The number of esters is 2. The number of ether oxygens (including phenoxy) is 14. The zero-order chi connectivity index (χ0) is 77.9. The molecular weight excluding hydrogens is 1380 g/mol. The molecule has 20 nitrogen and oxygen atoms in total. The van der Waals surface area contributed by atoms with Crippen molar-refractivity contribution in [2.24, 2.45) is 82.9 Å². The number of rotatable bonds is 22. The van der Waals surface area contributed by atoms with E-state index in [2.05, 4.69) is 120 Å². The Labute approximate surface area is 653 Å². The van der Waals surface area contributed by atoms with Gasteiger partial charge in [-0.1, -0.05) is 97.1 Å². The molecular formula is C89H140N2O18. The lowest BCUT2D eigenvalue weighted by Crippen LogP contribution is -2.59. The Morgan fingerprint density at radius 2 is 0.908 bits per heavy atom. The van der Waals surface area contributed by atoms with Crippen molar-refractivity contribution in [3.63, 3.8) is 0 Å². The summed E-state index contributed by atoms with van der Waals surface area (Å²) in [5, 5.41) is 3.47. The highest BCUT2D eigenvalue weighted by Gasteiger charge is 2.56. The number of fused-ring (bicyclic) bond motifs is 10. The molecule has 4 saturated carbocycles. The molecule has 0 bridgehead atoms. The van der Waals surface area contributed by atoms with Crippen LogP contribution in [0.2, 0.25) is 0 Å². The van der Waals surface area contributed by atoms with E-state index in [1.165, 1.54) is 0 Å². The van der Waals surface area contributed by atoms with E-state index in [9.17, 15) is 19.2 Å². The number of allylic oxidation sites excluding steroid dienone is 10. The molecule has 1 N–H and O–H groups in total. The minimum atomic E-state index is -0.590. The van der Waals surface area contributed by atoms with E-state index in [1.54, 1.807) is 42.7 Å². The lowest BCUT2D eigenvalue weighted by Gasteiger charge is -2.44. The van der Waals surface area contributed by atoms with E-state index in [0.717, 1.165) is 140 Å². The third-order valence-electron chi connectivity index (χ3n) is 27.9. The van der Waals surface area contributed by atoms with Crippen LogP contribution in [0.1, 0.15) is 197 Å². The van der Waals surface area contributed by atoms with Crippen molar-refractivity contribution in [1.29, 1.82) is 0 Å². The van der Waals surface area contributed by atoms with Crippen molar-refractivity contribution in [2.45, 2.75) is 319 Å². The molecule has 0 radical (unpaired) electrons. The van der Waals surface area contributed by atoms with Gasteiger partial charge in [-0.05, 0) is 239 Å². The number of methoxy groups -OCH3 is 6. The van der Waals surface area contributed by atoms with E-state index >= 15 is 0 Å². The molecule has 0 aromatic carbocycles. The summed E-state index contributed by atoms with van der Waals surface area (Å²) in [5.41, 5.74) is 1.59. The van der Waals surface area contributed by atoms with Gasteiger partial charge in [-0.2, -0.15) is 0 Å². The van der Waals surface area contributed by atoms with Crippen LogP contribution >= 0.6 is 0 Å². The normalized spacial score (nSPS) is 44.3. The van der Waals surface area contributed by atoms with Crippen LogP contribution in [0.4, 0.5) is 0 Å². The number of ketones is 2. The maximum absolute atomic E-state index is 14.8. The number of carbonyl (C=O) groups is 4. The van der Waals surface area contributed by atoms with Crippen molar-refractivity contribution in [1.82, 2.24) is 10.2 Å². The van der Waals surface area contributed by atoms with Crippen LogP contribution in [0.15, 0.2) is 71.9 Å². The van der Waals surface area contributed by atoms with Gasteiger partial charge in [0.1, 0.15) is 48.8 Å². The van der Waals surface area contributed by atoms with Gasteiger partial charge in [0.05, 0.1) is 61.7 Å². The van der Waals surface area contributed by atoms with Crippen LogP contribution in [0.3, 0.4) is 0 Å². The predicted octanol–water partition coefficient (Wildman–Crippen LogP) is 13.9. The number of nitrogens with zero attached hydrogens (tertiary/aromatic N) is 1. The van der Waals surface area contributed by atoms with E-state index in [-0.39, 0.29) is 181 Å². The van der Waals surface area contributed by atoms with Gasteiger partial charge in [-0.25, -0.2) is 0 Å². The molecule has 12 aliphatic rings. The Morgan fingerprint density at radius 3 is 1.30 bits per heavy atom. The molecule has 614 valence electrons. The van der Waals surface area contributed by atoms with E-state index < -0.39 is 24.8 Å². The second-order valence-corrected chi connectivity index (χ2v) is 34.7. The predicted molar refractivity (Wildman–Crippen MR) is 418 cm³/mol. The van der Waals surface area contributed by atoms with Crippen LogP contribution < -0.4 is 5.32 Å². The zero-order valence-electron chi connectivity index (χ0n) is 69.3. The molecule has 4 aliphatic heterocycles. The van der Waals surface area contributed by atoms with Gasteiger partial charge < -0.3 is 76.5 Å². The molecule has 4 saturated heterocycles. The molecule has 12 rings (SSSR count). The number of nitrogens with one attached hydrogen (secondary N) is 1. The highest BCUT2D eigenvalue weighted by molar-refractivity contribution is 6.00. The molecule has 20 heteroatoms. The molecule has 0 amide bonds. The van der Waals surface area contributed by atoms with Gasteiger partial charge in [0.2, 0.25) is 0 Å². The highest BCUT2D eigenvalue weighted by atomic mass is 16.7. The Kier molecular flexibility index (Phi) is 31.7. The molecule has 4 heterocycles. The molecule has 109 heavy (non-hydrogen) atoms. The van der Waals surface area contributed by atoms with Crippen LogP contribution in [0.25, 0.3) is 0 Å². The monoisotopic (exact) mass is 1530 g/mol. The number of hydrogen-bond acceptors (Lipinski definition) is 20. The van der Waals surface area contributed by atoms with Gasteiger partial charge >= 0.3 is 11.9 Å².